The average Bonchev–Trinajstić information content (AvgIpc) is 3.04. The third kappa shape index (κ3) is 1.92. The maximum absolute atomic E-state index is 11.1. The van der Waals surface area contributed by atoms with Crippen LogP contribution in [0.25, 0.3) is 0 Å². The summed E-state index contributed by atoms with van der Waals surface area (Å²) in [5.74, 6) is 1.37. The molecule has 3 rings (SSSR count). The second kappa shape index (κ2) is 4.38. The lowest BCUT2D eigenvalue weighted by Gasteiger charge is -2.12. The van der Waals surface area contributed by atoms with Crippen molar-refractivity contribution in [3.8, 4) is 0 Å². The summed E-state index contributed by atoms with van der Waals surface area (Å²) < 4.78 is 5.34. The van der Waals surface area contributed by atoms with Gasteiger partial charge in [-0.25, -0.2) is 0 Å². The summed E-state index contributed by atoms with van der Waals surface area (Å²) in [7, 11) is 0. The highest BCUT2D eigenvalue weighted by Crippen LogP contribution is 2.52. The van der Waals surface area contributed by atoms with E-state index in [0.29, 0.717) is 0 Å². The summed E-state index contributed by atoms with van der Waals surface area (Å²) >= 11 is 0. The Labute approximate surface area is 108 Å². The number of aromatic nitrogens is 1. The minimum atomic E-state index is -0.210. The summed E-state index contributed by atoms with van der Waals surface area (Å²) in [6, 6.07) is 2.16. The van der Waals surface area contributed by atoms with Crippen LogP contribution in [0.3, 0.4) is 0 Å². The molecule has 3 heteroatoms. The van der Waals surface area contributed by atoms with E-state index in [2.05, 4.69) is 18.0 Å². The van der Waals surface area contributed by atoms with Gasteiger partial charge < -0.3 is 4.74 Å². The molecule has 0 amide bonds. The first kappa shape index (κ1) is 11.7. The highest BCUT2D eigenvalue weighted by Gasteiger charge is 2.40. The monoisotopic (exact) mass is 245 g/mol. The Balaban J connectivity index is 1.87. The number of hydrogen-bond donors (Lipinski definition) is 0. The van der Waals surface area contributed by atoms with E-state index >= 15 is 0 Å². The molecule has 1 saturated carbocycles. The van der Waals surface area contributed by atoms with Gasteiger partial charge >= 0.3 is 5.97 Å². The molecule has 2 aliphatic rings. The number of esters is 1. The van der Waals surface area contributed by atoms with E-state index in [4.69, 9.17) is 4.74 Å². The van der Waals surface area contributed by atoms with Crippen molar-refractivity contribution in [2.75, 3.05) is 0 Å². The molecule has 3 unspecified atom stereocenters. The Kier molecular flexibility index (Phi) is 2.84. The van der Waals surface area contributed by atoms with Crippen LogP contribution < -0.4 is 0 Å². The molecule has 1 heterocycles. The normalized spacial score (nSPS) is 28.9. The van der Waals surface area contributed by atoms with E-state index in [0.717, 1.165) is 30.4 Å². The third-order valence-corrected chi connectivity index (χ3v) is 4.24. The second-order valence-corrected chi connectivity index (χ2v) is 5.41. The van der Waals surface area contributed by atoms with Crippen molar-refractivity contribution in [3.63, 3.8) is 0 Å². The summed E-state index contributed by atoms with van der Waals surface area (Å²) in [4.78, 5) is 15.5. The number of fused-ring (bicyclic) bond motifs is 1. The molecular formula is C15H19NO2. The number of nitrogens with zero attached hydrogens (tertiary/aromatic N) is 1. The van der Waals surface area contributed by atoms with E-state index < -0.39 is 0 Å². The zero-order chi connectivity index (χ0) is 12.7. The minimum Gasteiger partial charge on any atom is -0.456 e. The predicted molar refractivity (Wildman–Crippen MR) is 68.2 cm³/mol. The molecule has 0 bridgehead atoms. The number of hydrogen-bond acceptors (Lipinski definition) is 3. The van der Waals surface area contributed by atoms with Gasteiger partial charge in [0.15, 0.2) is 0 Å². The molecule has 0 radical (unpaired) electrons. The van der Waals surface area contributed by atoms with Gasteiger partial charge in [0.1, 0.15) is 6.10 Å². The lowest BCUT2D eigenvalue weighted by atomic mass is 10.0. The van der Waals surface area contributed by atoms with Gasteiger partial charge in [0.2, 0.25) is 0 Å². The smallest absolute Gasteiger partial charge is 0.303 e. The van der Waals surface area contributed by atoms with Gasteiger partial charge in [-0.1, -0.05) is 13.3 Å². The fourth-order valence-electron chi connectivity index (χ4n) is 3.23. The molecule has 2 aliphatic carbocycles. The molecule has 0 saturated heterocycles. The Bertz CT molecular complexity index is 483. The van der Waals surface area contributed by atoms with Gasteiger partial charge in [-0.15, -0.1) is 0 Å². The Hall–Kier alpha value is -1.38. The SMILES string of the molecule is CCC1CC1c1ccnc2c1CCC2OC(C)=O. The summed E-state index contributed by atoms with van der Waals surface area (Å²) in [5, 5.41) is 0. The first-order valence-corrected chi connectivity index (χ1v) is 6.85. The van der Waals surface area contributed by atoms with Crippen LogP contribution in [0.4, 0.5) is 0 Å². The number of rotatable bonds is 3. The second-order valence-electron chi connectivity index (χ2n) is 5.41. The van der Waals surface area contributed by atoms with Crippen LogP contribution in [0, 0.1) is 5.92 Å². The van der Waals surface area contributed by atoms with Gasteiger partial charge in [0.05, 0.1) is 5.69 Å². The number of pyridine rings is 1. The number of ether oxygens (including phenoxy) is 1. The van der Waals surface area contributed by atoms with Gasteiger partial charge in [-0.05, 0) is 48.3 Å². The molecule has 0 aliphatic heterocycles. The molecule has 0 aromatic carbocycles. The van der Waals surface area contributed by atoms with Gasteiger partial charge in [0, 0.05) is 13.1 Å². The molecule has 96 valence electrons. The lowest BCUT2D eigenvalue weighted by molar-refractivity contribution is -0.146. The van der Waals surface area contributed by atoms with E-state index in [1.54, 1.807) is 0 Å². The zero-order valence-corrected chi connectivity index (χ0v) is 11.0. The zero-order valence-electron chi connectivity index (χ0n) is 11.0. The van der Waals surface area contributed by atoms with Crippen molar-refractivity contribution < 1.29 is 9.53 Å². The van der Waals surface area contributed by atoms with Gasteiger partial charge in [0.25, 0.3) is 0 Å². The van der Waals surface area contributed by atoms with Crippen LogP contribution in [0.2, 0.25) is 0 Å². The fourth-order valence-corrected chi connectivity index (χ4v) is 3.23. The van der Waals surface area contributed by atoms with Crippen molar-refractivity contribution in [1.82, 2.24) is 4.98 Å². The first-order valence-electron chi connectivity index (χ1n) is 6.85. The molecule has 0 N–H and O–H groups in total. The fraction of sp³-hybridized carbons (Fsp3) is 0.600. The van der Waals surface area contributed by atoms with Crippen molar-refractivity contribution in [2.24, 2.45) is 5.92 Å². The largest absolute Gasteiger partial charge is 0.456 e. The minimum absolute atomic E-state index is 0.115. The summed E-state index contributed by atoms with van der Waals surface area (Å²) in [5.41, 5.74) is 3.82. The maximum atomic E-state index is 11.1. The Morgan fingerprint density at radius 1 is 1.56 bits per heavy atom. The maximum Gasteiger partial charge on any atom is 0.303 e. The Morgan fingerprint density at radius 3 is 3.06 bits per heavy atom. The summed E-state index contributed by atoms with van der Waals surface area (Å²) in [6.45, 7) is 3.73. The predicted octanol–water partition coefficient (Wildman–Crippen LogP) is 3.15. The third-order valence-electron chi connectivity index (χ3n) is 4.24. The highest BCUT2D eigenvalue weighted by atomic mass is 16.5. The van der Waals surface area contributed by atoms with Crippen molar-refractivity contribution in [1.29, 1.82) is 0 Å². The molecule has 1 aromatic rings. The van der Waals surface area contributed by atoms with Crippen molar-refractivity contribution >= 4 is 5.97 Å². The van der Waals surface area contributed by atoms with Crippen molar-refractivity contribution in [3.05, 3.63) is 29.1 Å². The molecular weight excluding hydrogens is 226 g/mol. The molecule has 0 spiro atoms. The average molecular weight is 245 g/mol. The van der Waals surface area contributed by atoms with Gasteiger partial charge in [-0.2, -0.15) is 0 Å². The molecule has 18 heavy (non-hydrogen) atoms. The quantitative estimate of drug-likeness (QED) is 0.768. The summed E-state index contributed by atoms with van der Waals surface area (Å²) in [6.07, 6.45) is 6.23. The van der Waals surface area contributed by atoms with Crippen molar-refractivity contribution in [2.45, 2.75) is 51.6 Å². The molecule has 3 nitrogen and oxygen atoms in total. The molecule has 1 aromatic heterocycles. The first-order chi connectivity index (χ1) is 8.70. The van der Waals surface area contributed by atoms with Crippen LogP contribution in [-0.2, 0) is 16.0 Å². The van der Waals surface area contributed by atoms with Crippen LogP contribution in [0.5, 0.6) is 0 Å². The standard InChI is InChI=1S/C15H19NO2/c1-3-10-8-13(10)11-6-7-16-15-12(11)4-5-14(15)18-9(2)17/h6-7,10,13-14H,3-5,8H2,1-2H3. The van der Waals surface area contributed by atoms with Crippen LogP contribution in [0.15, 0.2) is 12.3 Å². The number of carbonyl (C=O) groups is 1. The van der Waals surface area contributed by atoms with E-state index in [1.807, 2.05) is 6.20 Å². The van der Waals surface area contributed by atoms with Crippen LogP contribution in [-0.4, -0.2) is 11.0 Å². The van der Waals surface area contributed by atoms with E-state index in [1.165, 1.54) is 30.9 Å². The molecule has 1 fully saturated rings. The van der Waals surface area contributed by atoms with E-state index in [9.17, 15) is 4.79 Å². The lowest BCUT2D eigenvalue weighted by Crippen LogP contribution is -2.07. The number of carbonyl (C=O) groups excluding carboxylic acids is 1. The highest BCUT2D eigenvalue weighted by molar-refractivity contribution is 5.66. The van der Waals surface area contributed by atoms with Crippen LogP contribution in [0.1, 0.15) is 62.0 Å². The Morgan fingerprint density at radius 2 is 2.39 bits per heavy atom. The topological polar surface area (TPSA) is 39.2 Å². The molecule has 3 atom stereocenters. The van der Waals surface area contributed by atoms with Gasteiger partial charge in [-0.3, -0.25) is 9.78 Å². The van der Waals surface area contributed by atoms with Crippen LogP contribution >= 0.6 is 0 Å². The van der Waals surface area contributed by atoms with E-state index in [-0.39, 0.29) is 12.1 Å².